The number of anilines is 1. The van der Waals surface area contributed by atoms with Crippen LogP contribution in [0.1, 0.15) is 16.3 Å². The molecule has 9 nitrogen and oxygen atoms in total. The molecule has 0 bridgehead atoms. The molecule has 2 heterocycles. The maximum atomic E-state index is 12.5. The van der Waals surface area contributed by atoms with Crippen LogP contribution >= 0.6 is 11.3 Å². The summed E-state index contributed by atoms with van der Waals surface area (Å²) in [6.07, 6.45) is 2.92. The van der Waals surface area contributed by atoms with Crippen LogP contribution in [-0.2, 0) is 10.0 Å². The lowest BCUT2D eigenvalue weighted by atomic mass is 10.3. The van der Waals surface area contributed by atoms with E-state index in [1.165, 1.54) is 32.3 Å². The van der Waals surface area contributed by atoms with Crippen molar-refractivity contribution in [3.05, 3.63) is 62.8 Å². The molecule has 0 aliphatic carbocycles. The Kier molecular flexibility index (Phi) is 5.47. The van der Waals surface area contributed by atoms with Gasteiger partial charge in [-0.05, 0) is 55.5 Å². The largest absolute Gasteiger partial charge is 0.497 e. The van der Waals surface area contributed by atoms with E-state index in [2.05, 4.69) is 9.88 Å². The van der Waals surface area contributed by atoms with E-state index in [1.807, 2.05) is 0 Å². The summed E-state index contributed by atoms with van der Waals surface area (Å²) >= 11 is 1.01. The van der Waals surface area contributed by atoms with Crippen LogP contribution in [0, 0.1) is 17.0 Å². The minimum Gasteiger partial charge on any atom is -0.497 e. The number of nitrogens with zero attached hydrogens (tertiary/aromatic N) is 2. The monoisotopic (exact) mass is 421 g/mol. The third-order valence-corrected chi connectivity index (χ3v) is 6.57. The maximum absolute atomic E-state index is 12.5. The van der Waals surface area contributed by atoms with Crippen LogP contribution in [0.5, 0.6) is 5.75 Å². The highest BCUT2D eigenvalue weighted by molar-refractivity contribution is 7.94. The van der Waals surface area contributed by atoms with Crippen LogP contribution in [0.15, 0.2) is 45.1 Å². The van der Waals surface area contributed by atoms with Crippen LogP contribution in [0.25, 0.3) is 12.2 Å². The molecule has 2 aromatic heterocycles. The van der Waals surface area contributed by atoms with Gasteiger partial charge in [0.15, 0.2) is 5.69 Å². The molecule has 3 aromatic rings. The molecule has 0 saturated carbocycles. The zero-order valence-electron chi connectivity index (χ0n) is 14.8. The highest BCUT2D eigenvalue weighted by atomic mass is 32.2. The Bertz CT molecular complexity index is 1130. The maximum Gasteiger partial charge on any atom is 0.338 e. The molecule has 1 N–H and O–H groups in total. The van der Waals surface area contributed by atoms with Gasteiger partial charge >= 0.3 is 5.69 Å². The van der Waals surface area contributed by atoms with Gasteiger partial charge in [-0.2, -0.15) is 0 Å². The van der Waals surface area contributed by atoms with Crippen LogP contribution in [0.4, 0.5) is 11.4 Å². The molecule has 0 aliphatic heterocycles. The van der Waals surface area contributed by atoms with E-state index in [-0.39, 0.29) is 21.4 Å². The number of ether oxygens (including phenoxy) is 1. The van der Waals surface area contributed by atoms with Gasteiger partial charge in [0.25, 0.3) is 10.0 Å². The number of aromatic nitrogens is 1. The standard InChI is InChI=1S/C17H15N3O6S2/c1-11-17(20(21)22)15(26-18-11)9-7-14-8-10-16(27-14)28(23,24)19-12-3-5-13(25-2)6-4-12/h3-10,19H,1-2H3/b9-7+. The van der Waals surface area contributed by atoms with Crippen molar-refractivity contribution >= 4 is 44.9 Å². The predicted molar refractivity (Wildman–Crippen MR) is 105 cm³/mol. The van der Waals surface area contributed by atoms with E-state index < -0.39 is 14.9 Å². The highest BCUT2D eigenvalue weighted by Crippen LogP contribution is 2.28. The summed E-state index contributed by atoms with van der Waals surface area (Å²) in [5, 5.41) is 14.6. The van der Waals surface area contributed by atoms with Gasteiger partial charge in [0.05, 0.1) is 12.0 Å². The fourth-order valence-electron chi connectivity index (χ4n) is 2.30. The topological polar surface area (TPSA) is 125 Å². The summed E-state index contributed by atoms with van der Waals surface area (Å²) in [5.41, 5.74) is 0.351. The highest BCUT2D eigenvalue weighted by Gasteiger charge is 2.22. The smallest absolute Gasteiger partial charge is 0.338 e. The number of rotatable bonds is 7. The molecule has 1 aromatic carbocycles. The van der Waals surface area contributed by atoms with E-state index in [4.69, 9.17) is 9.26 Å². The van der Waals surface area contributed by atoms with E-state index in [0.29, 0.717) is 16.3 Å². The first-order chi connectivity index (χ1) is 13.3. The lowest BCUT2D eigenvalue weighted by Gasteiger charge is -2.06. The fraction of sp³-hybridized carbons (Fsp3) is 0.118. The van der Waals surface area contributed by atoms with Gasteiger partial charge in [-0.25, -0.2) is 8.42 Å². The Morgan fingerprint density at radius 2 is 1.93 bits per heavy atom. The zero-order chi connectivity index (χ0) is 20.3. The van der Waals surface area contributed by atoms with Crippen LogP contribution in [0.3, 0.4) is 0 Å². The molecule has 3 rings (SSSR count). The van der Waals surface area contributed by atoms with Crippen molar-refractivity contribution in [2.45, 2.75) is 11.1 Å². The predicted octanol–water partition coefficient (Wildman–Crippen LogP) is 3.93. The van der Waals surface area contributed by atoms with Crippen LogP contribution in [-0.4, -0.2) is 25.6 Å². The second-order valence-corrected chi connectivity index (χ2v) is 8.59. The summed E-state index contributed by atoms with van der Waals surface area (Å²) in [6, 6.07) is 9.53. The molecule has 28 heavy (non-hydrogen) atoms. The number of methoxy groups -OCH3 is 1. The average Bonchev–Trinajstić information content (AvgIpc) is 3.27. The first-order valence-electron chi connectivity index (χ1n) is 7.85. The van der Waals surface area contributed by atoms with Gasteiger partial charge < -0.3 is 9.26 Å². The Morgan fingerprint density at radius 1 is 1.21 bits per heavy atom. The first kappa shape index (κ1) is 19.6. The summed E-state index contributed by atoms with van der Waals surface area (Å²) < 4.78 is 37.6. The molecule has 0 atom stereocenters. The van der Waals surface area contributed by atoms with Gasteiger partial charge in [0.1, 0.15) is 9.96 Å². The molecule has 0 spiro atoms. The minimum atomic E-state index is -3.76. The zero-order valence-corrected chi connectivity index (χ0v) is 16.4. The normalized spacial score (nSPS) is 11.6. The number of thiophene rings is 1. The number of benzene rings is 1. The van der Waals surface area contributed by atoms with Crippen molar-refractivity contribution < 1.29 is 22.6 Å². The van der Waals surface area contributed by atoms with Gasteiger partial charge in [-0.3, -0.25) is 14.8 Å². The summed E-state index contributed by atoms with van der Waals surface area (Å²) in [7, 11) is -2.24. The van der Waals surface area contributed by atoms with E-state index in [1.54, 1.807) is 30.3 Å². The molecule has 0 fully saturated rings. The van der Waals surface area contributed by atoms with Crippen molar-refractivity contribution in [2.24, 2.45) is 0 Å². The van der Waals surface area contributed by atoms with Gasteiger partial charge in [-0.15, -0.1) is 11.3 Å². The molecule has 11 heteroatoms. The SMILES string of the molecule is COc1ccc(NS(=O)(=O)c2ccc(/C=C/c3onc(C)c3[N+](=O)[O-])s2)cc1. The van der Waals surface area contributed by atoms with E-state index >= 15 is 0 Å². The van der Waals surface area contributed by atoms with Crippen molar-refractivity contribution in [1.82, 2.24) is 5.16 Å². The molecule has 0 radical (unpaired) electrons. The van der Waals surface area contributed by atoms with Gasteiger partial charge in [0.2, 0.25) is 5.76 Å². The Hall–Kier alpha value is -3.18. The number of sulfonamides is 1. The summed E-state index contributed by atoms with van der Waals surface area (Å²) in [5.74, 6) is 0.611. The second-order valence-electron chi connectivity index (χ2n) is 5.56. The molecule has 0 saturated heterocycles. The van der Waals surface area contributed by atoms with Crippen molar-refractivity contribution in [1.29, 1.82) is 0 Å². The third kappa shape index (κ3) is 4.21. The molecule has 0 aliphatic rings. The Balaban J connectivity index is 1.78. The lowest BCUT2D eigenvalue weighted by Crippen LogP contribution is -2.11. The molecule has 0 amide bonds. The number of hydrogen-bond acceptors (Lipinski definition) is 8. The van der Waals surface area contributed by atoms with Crippen molar-refractivity contribution in [3.8, 4) is 5.75 Å². The summed E-state index contributed by atoms with van der Waals surface area (Å²) in [6.45, 7) is 1.47. The minimum absolute atomic E-state index is 0.00309. The fourth-order valence-corrected chi connectivity index (χ4v) is 4.59. The molecule has 146 valence electrons. The lowest BCUT2D eigenvalue weighted by molar-refractivity contribution is -0.386. The van der Waals surface area contributed by atoms with Gasteiger partial charge in [-0.1, -0.05) is 5.16 Å². The van der Waals surface area contributed by atoms with Crippen molar-refractivity contribution in [2.75, 3.05) is 11.8 Å². The van der Waals surface area contributed by atoms with Crippen molar-refractivity contribution in [3.63, 3.8) is 0 Å². The average molecular weight is 421 g/mol. The second kappa shape index (κ2) is 7.82. The van der Waals surface area contributed by atoms with E-state index in [0.717, 1.165) is 11.3 Å². The quantitative estimate of drug-likeness (QED) is 0.452. The first-order valence-corrected chi connectivity index (χ1v) is 10.2. The number of nitro groups is 1. The number of hydrogen-bond donors (Lipinski definition) is 1. The Morgan fingerprint density at radius 3 is 2.57 bits per heavy atom. The van der Waals surface area contributed by atoms with E-state index in [9.17, 15) is 18.5 Å². The molecular formula is C17H15N3O6S2. The van der Waals surface area contributed by atoms with Crippen LogP contribution in [0.2, 0.25) is 0 Å². The number of aryl methyl sites for hydroxylation is 1. The Labute approximate surface area is 164 Å². The third-order valence-electron chi connectivity index (χ3n) is 3.65. The van der Waals surface area contributed by atoms with Gasteiger partial charge in [0, 0.05) is 10.6 Å². The molecule has 0 unspecified atom stereocenters. The molecular weight excluding hydrogens is 406 g/mol. The number of nitrogens with one attached hydrogen (secondary N) is 1. The van der Waals surface area contributed by atoms with Crippen LogP contribution < -0.4 is 9.46 Å². The summed E-state index contributed by atoms with van der Waals surface area (Å²) in [4.78, 5) is 11.1.